The number of pyridine rings is 1. The van der Waals surface area contributed by atoms with Crippen LogP contribution in [0.2, 0.25) is 0 Å². The minimum atomic E-state index is -2.88. The van der Waals surface area contributed by atoms with Gasteiger partial charge in [0.1, 0.15) is 11.5 Å². The number of aromatic nitrogens is 3. The number of benzene rings is 1. The van der Waals surface area contributed by atoms with Crippen LogP contribution < -0.4 is 9.47 Å². The van der Waals surface area contributed by atoms with Crippen LogP contribution in [0.15, 0.2) is 47.1 Å². The van der Waals surface area contributed by atoms with Crippen LogP contribution in [-0.2, 0) is 6.42 Å². The molecule has 0 aliphatic heterocycles. The fraction of sp³-hybridized carbons (Fsp3) is 0.188. The number of rotatable bonds is 6. The molecule has 6 nitrogen and oxygen atoms in total. The van der Waals surface area contributed by atoms with Gasteiger partial charge in [0.2, 0.25) is 17.6 Å². The molecule has 3 aromatic rings. The van der Waals surface area contributed by atoms with Gasteiger partial charge in [0.05, 0.1) is 6.20 Å². The second-order valence-corrected chi connectivity index (χ2v) is 4.70. The predicted octanol–water partition coefficient (Wildman–Crippen LogP) is 4.09. The number of halogens is 2. The van der Waals surface area contributed by atoms with Gasteiger partial charge in [0, 0.05) is 18.1 Å². The van der Waals surface area contributed by atoms with Crippen LogP contribution in [0.5, 0.6) is 17.4 Å². The van der Waals surface area contributed by atoms with Crippen LogP contribution in [0, 0.1) is 0 Å². The Balaban J connectivity index is 1.67. The monoisotopic (exact) mass is 333 g/mol. The third-order valence-electron chi connectivity index (χ3n) is 3.04. The second kappa shape index (κ2) is 7.03. The van der Waals surface area contributed by atoms with Crippen molar-refractivity contribution in [3.63, 3.8) is 0 Å². The van der Waals surface area contributed by atoms with Crippen molar-refractivity contribution >= 4 is 0 Å². The van der Waals surface area contributed by atoms with Gasteiger partial charge in [0.25, 0.3) is 0 Å². The van der Waals surface area contributed by atoms with E-state index in [1.165, 1.54) is 18.3 Å². The topological polar surface area (TPSA) is 70.3 Å². The number of ether oxygens (including phenoxy) is 2. The summed E-state index contributed by atoms with van der Waals surface area (Å²) in [6.07, 6.45) is 1.84. The lowest BCUT2D eigenvalue weighted by atomic mass is 10.2. The second-order valence-electron chi connectivity index (χ2n) is 4.70. The first-order chi connectivity index (χ1) is 11.6. The van der Waals surface area contributed by atoms with Gasteiger partial charge >= 0.3 is 6.61 Å². The van der Waals surface area contributed by atoms with Crippen molar-refractivity contribution in [3.05, 3.63) is 48.5 Å². The molecule has 0 radical (unpaired) electrons. The SMILES string of the molecule is CCc1nc(-c2ccc(Oc3ccc(OC(F)F)cn3)cc2)no1. The van der Waals surface area contributed by atoms with Gasteiger partial charge < -0.3 is 14.0 Å². The smallest absolute Gasteiger partial charge is 0.387 e. The molecule has 0 saturated heterocycles. The zero-order valence-corrected chi connectivity index (χ0v) is 12.6. The first-order valence-electron chi connectivity index (χ1n) is 7.16. The maximum atomic E-state index is 12.1. The summed E-state index contributed by atoms with van der Waals surface area (Å²) >= 11 is 0. The molecular weight excluding hydrogens is 320 g/mol. The normalized spacial score (nSPS) is 10.8. The molecule has 0 aliphatic carbocycles. The predicted molar refractivity (Wildman–Crippen MR) is 80.1 cm³/mol. The molecule has 1 aromatic carbocycles. The molecule has 3 rings (SSSR count). The fourth-order valence-electron chi connectivity index (χ4n) is 1.91. The van der Waals surface area contributed by atoms with E-state index < -0.39 is 6.61 Å². The fourth-order valence-corrected chi connectivity index (χ4v) is 1.91. The van der Waals surface area contributed by atoms with E-state index in [0.717, 1.165) is 5.56 Å². The van der Waals surface area contributed by atoms with E-state index in [9.17, 15) is 8.78 Å². The number of hydrogen-bond donors (Lipinski definition) is 0. The molecule has 0 fully saturated rings. The molecule has 124 valence electrons. The molecule has 0 N–H and O–H groups in total. The first-order valence-corrected chi connectivity index (χ1v) is 7.16. The van der Waals surface area contributed by atoms with Crippen LogP contribution in [-0.4, -0.2) is 21.7 Å². The van der Waals surface area contributed by atoms with Crippen molar-refractivity contribution in [2.24, 2.45) is 0 Å². The highest BCUT2D eigenvalue weighted by molar-refractivity contribution is 5.55. The largest absolute Gasteiger partial charge is 0.439 e. The standard InChI is InChI=1S/C16H13F2N3O3/c1-2-13-20-15(21-24-13)10-3-5-11(6-4-10)22-14-8-7-12(9-19-14)23-16(17)18/h3-9,16H,2H2,1H3. The Labute approximate surface area is 136 Å². The van der Waals surface area contributed by atoms with Crippen molar-refractivity contribution < 1.29 is 22.8 Å². The first kappa shape index (κ1) is 15.9. The molecule has 2 aromatic heterocycles. The van der Waals surface area contributed by atoms with Gasteiger partial charge in [-0.05, 0) is 30.3 Å². The van der Waals surface area contributed by atoms with Gasteiger partial charge in [-0.2, -0.15) is 13.8 Å². The molecule has 0 saturated carbocycles. The lowest BCUT2D eigenvalue weighted by molar-refractivity contribution is -0.0501. The lowest BCUT2D eigenvalue weighted by Gasteiger charge is -2.07. The summed E-state index contributed by atoms with van der Waals surface area (Å²) in [5.74, 6) is 1.84. The highest BCUT2D eigenvalue weighted by atomic mass is 19.3. The van der Waals surface area contributed by atoms with Crippen LogP contribution in [0.3, 0.4) is 0 Å². The molecule has 24 heavy (non-hydrogen) atoms. The van der Waals surface area contributed by atoms with Gasteiger partial charge in [0.15, 0.2) is 0 Å². The van der Waals surface area contributed by atoms with E-state index in [2.05, 4.69) is 19.9 Å². The summed E-state index contributed by atoms with van der Waals surface area (Å²) in [6.45, 7) is -0.955. The van der Waals surface area contributed by atoms with Gasteiger partial charge in [-0.3, -0.25) is 0 Å². The summed E-state index contributed by atoms with van der Waals surface area (Å²) in [5.41, 5.74) is 0.791. The summed E-state index contributed by atoms with van der Waals surface area (Å²) in [6, 6.07) is 9.82. The minimum Gasteiger partial charge on any atom is -0.439 e. The molecule has 0 aliphatic rings. The van der Waals surface area contributed by atoms with Crippen molar-refractivity contribution in [3.8, 4) is 28.8 Å². The molecule has 2 heterocycles. The Kier molecular flexibility index (Phi) is 4.64. The van der Waals surface area contributed by atoms with Crippen LogP contribution >= 0.6 is 0 Å². The highest BCUT2D eigenvalue weighted by Gasteiger charge is 2.08. The van der Waals surface area contributed by atoms with Crippen molar-refractivity contribution in [1.82, 2.24) is 15.1 Å². The average Bonchev–Trinajstić information content (AvgIpc) is 3.06. The van der Waals surface area contributed by atoms with Crippen molar-refractivity contribution in [1.29, 1.82) is 0 Å². The van der Waals surface area contributed by atoms with E-state index in [1.54, 1.807) is 24.3 Å². The van der Waals surface area contributed by atoms with Gasteiger partial charge in [-0.25, -0.2) is 4.98 Å². The minimum absolute atomic E-state index is 0.0310. The number of alkyl halides is 2. The molecule has 0 bridgehead atoms. The van der Waals surface area contributed by atoms with E-state index >= 15 is 0 Å². The van der Waals surface area contributed by atoms with E-state index in [0.29, 0.717) is 23.9 Å². The van der Waals surface area contributed by atoms with Gasteiger partial charge in [-0.15, -0.1) is 0 Å². The summed E-state index contributed by atoms with van der Waals surface area (Å²) < 4.78 is 39.0. The summed E-state index contributed by atoms with van der Waals surface area (Å²) in [7, 11) is 0. The molecular formula is C16H13F2N3O3. The Morgan fingerprint density at radius 1 is 1.08 bits per heavy atom. The Bertz CT molecular complexity index is 789. The molecule has 0 amide bonds. The Morgan fingerprint density at radius 3 is 2.42 bits per heavy atom. The molecule has 8 heteroatoms. The third kappa shape index (κ3) is 3.83. The third-order valence-corrected chi connectivity index (χ3v) is 3.04. The van der Waals surface area contributed by atoms with Crippen molar-refractivity contribution in [2.75, 3.05) is 0 Å². The Morgan fingerprint density at radius 2 is 1.83 bits per heavy atom. The van der Waals surface area contributed by atoms with Crippen LogP contribution in [0.1, 0.15) is 12.8 Å². The van der Waals surface area contributed by atoms with E-state index in [4.69, 9.17) is 9.26 Å². The quantitative estimate of drug-likeness (QED) is 0.677. The highest BCUT2D eigenvalue weighted by Crippen LogP contribution is 2.24. The van der Waals surface area contributed by atoms with Gasteiger partial charge in [-0.1, -0.05) is 12.1 Å². The van der Waals surface area contributed by atoms with Crippen molar-refractivity contribution in [2.45, 2.75) is 20.0 Å². The number of aryl methyl sites for hydroxylation is 1. The van der Waals surface area contributed by atoms with Crippen LogP contribution in [0.25, 0.3) is 11.4 Å². The zero-order valence-electron chi connectivity index (χ0n) is 12.6. The number of nitrogens with zero attached hydrogens (tertiary/aromatic N) is 3. The molecule has 0 atom stereocenters. The zero-order chi connectivity index (χ0) is 16.9. The summed E-state index contributed by atoms with van der Waals surface area (Å²) in [5, 5.41) is 3.89. The maximum Gasteiger partial charge on any atom is 0.387 e. The molecule has 0 spiro atoms. The van der Waals surface area contributed by atoms with E-state index in [-0.39, 0.29) is 11.6 Å². The molecule has 0 unspecified atom stereocenters. The maximum absolute atomic E-state index is 12.1. The average molecular weight is 333 g/mol. The lowest BCUT2D eigenvalue weighted by Crippen LogP contribution is -2.02. The summed E-state index contributed by atoms with van der Waals surface area (Å²) in [4.78, 5) is 8.14. The number of hydrogen-bond acceptors (Lipinski definition) is 6. The Hall–Kier alpha value is -3.03. The van der Waals surface area contributed by atoms with Crippen LogP contribution in [0.4, 0.5) is 8.78 Å². The van der Waals surface area contributed by atoms with E-state index in [1.807, 2.05) is 6.92 Å².